The molecule has 2 aromatic rings. The van der Waals surface area contributed by atoms with Crippen LogP contribution in [-0.2, 0) is 0 Å². The van der Waals surface area contributed by atoms with Crippen LogP contribution >= 0.6 is 11.6 Å². The number of hydrogen-bond donors (Lipinski definition) is 0. The second kappa shape index (κ2) is 5.07. The van der Waals surface area contributed by atoms with Gasteiger partial charge in [-0.1, -0.05) is 23.7 Å². The van der Waals surface area contributed by atoms with E-state index < -0.39 is 5.82 Å². The molecule has 90 valence electrons. The minimum absolute atomic E-state index is 0.00426. The van der Waals surface area contributed by atoms with E-state index >= 15 is 0 Å². The highest BCUT2D eigenvalue weighted by atomic mass is 35.5. The zero-order chi connectivity index (χ0) is 13.1. The van der Waals surface area contributed by atoms with E-state index in [0.29, 0.717) is 11.3 Å². The highest BCUT2D eigenvalue weighted by Gasteiger charge is 2.11. The van der Waals surface area contributed by atoms with Gasteiger partial charge in [0.25, 0.3) is 0 Å². The van der Waals surface area contributed by atoms with Crippen LogP contribution in [0.2, 0.25) is 5.02 Å². The molecule has 0 aromatic heterocycles. The van der Waals surface area contributed by atoms with Crippen molar-refractivity contribution in [3.05, 3.63) is 58.4 Å². The summed E-state index contributed by atoms with van der Waals surface area (Å²) in [4.78, 5) is 0. The van der Waals surface area contributed by atoms with Gasteiger partial charge >= 0.3 is 0 Å². The summed E-state index contributed by atoms with van der Waals surface area (Å²) in [5, 5.41) is 8.95. The molecule has 0 bridgehead atoms. The highest BCUT2D eigenvalue weighted by Crippen LogP contribution is 2.30. The fraction of sp³-hybridized carbons (Fsp3) is 0.0714. The topological polar surface area (TPSA) is 33.0 Å². The molecule has 0 saturated heterocycles. The summed E-state index contributed by atoms with van der Waals surface area (Å²) in [5.41, 5.74) is 1.27. The van der Waals surface area contributed by atoms with Gasteiger partial charge in [-0.15, -0.1) is 0 Å². The van der Waals surface area contributed by atoms with Crippen molar-refractivity contribution in [1.82, 2.24) is 0 Å². The van der Waals surface area contributed by atoms with Gasteiger partial charge in [0.05, 0.1) is 10.6 Å². The Morgan fingerprint density at radius 1 is 1.22 bits per heavy atom. The Balaban J connectivity index is 2.43. The normalized spacial score (nSPS) is 9.89. The van der Waals surface area contributed by atoms with Crippen molar-refractivity contribution in [1.29, 1.82) is 5.26 Å². The fourth-order valence-corrected chi connectivity index (χ4v) is 1.65. The number of halogens is 2. The third-order valence-electron chi connectivity index (χ3n) is 2.39. The van der Waals surface area contributed by atoms with E-state index in [1.807, 2.05) is 13.0 Å². The van der Waals surface area contributed by atoms with E-state index in [1.54, 1.807) is 24.3 Å². The Kier molecular flexibility index (Phi) is 3.50. The molecule has 0 amide bonds. The van der Waals surface area contributed by atoms with Crippen LogP contribution in [-0.4, -0.2) is 0 Å². The maximum atomic E-state index is 13.7. The maximum Gasteiger partial charge on any atom is 0.184 e. The number of nitrogens with zero attached hydrogens (tertiary/aromatic N) is 1. The zero-order valence-electron chi connectivity index (χ0n) is 9.58. The molecule has 0 unspecified atom stereocenters. The first-order valence-corrected chi connectivity index (χ1v) is 5.62. The van der Waals surface area contributed by atoms with Crippen molar-refractivity contribution >= 4 is 11.6 Å². The molecule has 0 aliphatic carbocycles. The lowest BCUT2D eigenvalue weighted by molar-refractivity contribution is 0.441. The van der Waals surface area contributed by atoms with Crippen LogP contribution in [0.1, 0.15) is 11.1 Å². The molecule has 0 fully saturated rings. The molecule has 0 aliphatic heterocycles. The van der Waals surface area contributed by atoms with Crippen molar-refractivity contribution in [3.8, 4) is 17.6 Å². The molecule has 0 heterocycles. The first kappa shape index (κ1) is 12.4. The lowest BCUT2D eigenvalue weighted by atomic mass is 10.1. The molecular weight excluding hydrogens is 253 g/mol. The number of benzene rings is 2. The fourth-order valence-electron chi connectivity index (χ4n) is 1.49. The van der Waals surface area contributed by atoms with Crippen LogP contribution in [0.5, 0.6) is 11.5 Å². The van der Waals surface area contributed by atoms with Crippen LogP contribution in [0.4, 0.5) is 4.39 Å². The number of hydrogen-bond acceptors (Lipinski definition) is 2. The van der Waals surface area contributed by atoms with E-state index in [-0.39, 0.29) is 10.8 Å². The Morgan fingerprint density at radius 2 is 2.00 bits per heavy atom. The quantitative estimate of drug-likeness (QED) is 0.800. The standard InChI is InChI=1S/C14H9ClFNO/c1-9-5-6-10(8-17)13(7-9)18-12-4-2-3-11(15)14(12)16/h2-7H,1H3. The summed E-state index contributed by atoms with van der Waals surface area (Å²) in [6.45, 7) is 1.86. The van der Waals surface area contributed by atoms with Gasteiger partial charge in [-0.05, 0) is 36.8 Å². The van der Waals surface area contributed by atoms with Gasteiger partial charge in [0.2, 0.25) is 0 Å². The van der Waals surface area contributed by atoms with Crippen LogP contribution < -0.4 is 4.74 Å². The van der Waals surface area contributed by atoms with Gasteiger partial charge in [0.1, 0.15) is 11.8 Å². The van der Waals surface area contributed by atoms with Crippen molar-refractivity contribution in [2.24, 2.45) is 0 Å². The summed E-state index contributed by atoms with van der Waals surface area (Å²) >= 11 is 5.66. The first-order valence-electron chi connectivity index (χ1n) is 5.24. The van der Waals surface area contributed by atoms with Crippen molar-refractivity contribution in [2.45, 2.75) is 6.92 Å². The number of nitriles is 1. The van der Waals surface area contributed by atoms with Gasteiger partial charge in [-0.2, -0.15) is 5.26 Å². The van der Waals surface area contributed by atoms with Crippen LogP contribution in [0.3, 0.4) is 0 Å². The molecule has 2 nitrogen and oxygen atoms in total. The molecule has 2 rings (SSSR count). The maximum absolute atomic E-state index is 13.7. The minimum Gasteiger partial charge on any atom is -0.453 e. The largest absolute Gasteiger partial charge is 0.453 e. The molecule has 4 heteroatoms. The summed E-state index contributed by atoms with van der Waals surface area (Å²) in [6.07, 6.45) is 0. The second-order valence-electron chi connectivity index (χ2n) is 3.77. The predicted molar refractivity (Wildman–Crippen MR) is 67.4 cm³/mol. The third kappa shape index (κ3) is 2.44. The van der Waals surface area contributed by atoms with Crippen LogP contribution in [0.15, 0.2) is 36.4 Å². The number of ether oxygens (including phenoxy) is 1. The summed E-state index contributed by atoms with van der Waals surface area (Å²) in [6, 6.07) is 11.6. The third-order valence-corrected chi connectivity index (χ3v) is 2.69. The zero-order valence-corrected chi connectivity index (χ0v) is 10.3. The monoisotopic (exact) mass is 261 g/mol. The van der Waals surface area contributed by atoms with E-state index in [0.717, 1.165) is 5.56 Å². The van der Waals surface area contributed by atoms with Gasteiger partial charge < -0.3 is 4.74 Å². The summed E-state index contributed by atoms with van der Waals surface area (Å²) in [7, 11) is 0. The van der Waals surface area contributed by atoms with E-state index in [1.165, 1.54) is 12.1 Å². The second-order valence-corrected chi connectivity index (χ2v) is 4.17. The van der Waals surface area contributed by atoms with Gasteiger partial charge in [0, 0.05) is 0 Å². The van der Waals surface area contributed by atoms with E-state index in [9.17, 15) is 4.39 Å². The van der Waals surface area contributed by atoms with Gasteiger partial charge in [-0.25, -0.2) is 4.39 Å². The average Bonchev–Trinajstić information content (AvgIpc) is 2.35. The summed E-state index contributed by atoms with van der Waals surface area (Å²) < 4.78 is 19.1. The molecule has 2 aromatic carbocycles. The molecule has 18 heavy (non-hydrogen) atoms. The number of rotatable bonds is 2. The molecule has 0 spiro atoms. The molecular formula is C14H9ClFNO. The van der Waals surface area contributed by atoms with Crippen LogP contribution in [0, 0.1) is 24.1 Å². The molecule has 0 N–H and O–H groups in total. The lowest BCUT2D eigenvalue weighted by Gasteiger charge is -2.09. The lowest BCUT2D eigenvalue weighted by Crippen LogP contribution is -1.92. The van der Waals surface area contributed by atoms with E-state index in [4.69, 9.17) is 21.6 Å². The molecule has 0 aliphatic rings. The Hall–Kier alpha value is -2.05. The average molecular weight is 262 g/mol. The van der Waals surface area contributed by atoms with Gasteiger partial charge in [0.15, 0.2) is 11.6 Å². The Bertz CT molecular complexity index is 634. The number of aryl methyl sites for hydroxylation is 1. The Labute approximate surface area is 109 Å². The van der Waals surface area contributed by atoms with Crippen molar-refractivity contribution in [3.63, 3.8) is 0 Å². The molecule has 0 atom stereocenters. The summed E-state index contributed by atoms with van der Waals surface area (Å²) in [5.74, 6) is -0.312. The van der Waals surface area contributed by atoms with E-state index in [2.05, 4.69) is 0 Å². The van der Waals surface area contributed by atoms with Crippen molar-refractivity contribution in [2.75, 3.05) is 0 Å². The first-order chi connectivity index (χ1) is 8.61. The molecule has 0 saturated carbocycles. The van der Waals surface area contributed by atoms with Crippen molar-refractivity contribution < 1.29 is 9.13 Å². The predicted octanol–water partition coefficient (Wildman–Crippen LogP) is 4.45. The minimum atomic E-state index is -0.635. The SMILES string of the molecule is Cc1ccc(C#N)c(Oc2cccc(Cl)c2F)c1. The molecule has 0 radical (unpaired) electrons. The smallest absolute Gasteiger partial charge is 0.184 e. The highest BCUT2D eigenvalue weighted by molar-refractivity contribution is 6.30. The Morgan fingerprint density at radius 3 is 2.72 bits per heavy atom. The van der Waals surface area contributed by atoms with Gasteiger partial charge in [-0.3, -0.25) is 0 Å². The van der Waals surface area contributed by atoms with Crippen LogP contribution in [0.25, 0.3) is 0 Å².